The molecule has 1 aromatic heterocycles. The summed E-state index contributed by atoms with van der Waals surface area (Å²) in [6.07, 6.45) is 9.19. The largest absolute Gasteiger partial charge is 0.378 e. The molecule has 0 bridgehead atoms. The van der Waals surface area contributed by atoms with Crippen molar-refractivity contribution >= 4 is 0 Å². The summed E-state index contributed by atoms with van der Waals surface area (Å²) in [6, 6.07) is 2.69. The minimum Gasteiger partial charge on any atom is -0.378 e. The summed E-state index contributed by atoms with van der Waals surface area (Å²) in [5, 5.41) is 4.55. The number of hydrogen-bond donors (Lipinski definition) is 1. The van der Waals surface area contributed by atoms with Gasteiger partial charge in [-0.2, -0.15) is 5.10 Å². The number of aromatic nitrogens is 2. The van der Waals surface area contributed by atoms with E-state index in [9.17, 15) is 0 Å². The van der Waals surface area contributed by atoms with Gasteiger partial charge in [0.1, 0.15) is 0 Å². The van der Waals surface area contributed by atoms with E-state index in [1.165, 1.54) is 19.3 Å². The van der Waals surface area contributed by atoms with Crippen LogP contribution >= 0.6 is 0 Å². The van der Waals surface area contributed by atoms with E-state index < -0.39 is 0 Å². The zero-order chi connectivity index (χ0) is 13.7. The van der Waals surface area contributed by atoms with Crippen molar-refractivity contribution < 1.29 is 4.74 Å². The van der Waals surface area contributed by atoms with Gasteiger partial charge in [0, 0.05) is 31.3 Å². The topological polar surface area (TPSA) is 53.1 Å². The molecule has 4 heteroatoms. The van der Waals surface area contributed by atoms with Gasteiger partial charge >= 0.3 is 0 Å². The second-order valence-electron chi connectivity index (χ2n) is 5.91. The van der Waals surface area contributed by atoms with Crippen LogP contribution in [-0.2, 0) is 11.2 Å². The monoisotopic (exact) mass is 265 g/mol. The maximum absolute atomic E-state index is 6.20. The lowest BCUT2D eigenvalue weighted by Gasteiger charge is -2.23. The van der Waals surface area contributed by atoms with Crippen molar-refractivity contribution in [2.75, 3.05) is 6.61 Å². The quantitative estimate of drug-likeness (QED) is 0.860. The molecule has 0 aromatic carbocycles. The summed E-state index contributed by atoms with van der Waals surface area (Å²) in [5.74, 6) is 0. The Labute approximate surface area is 116 Å². The zero-order valence-corrected chi connectivity index (χ0v) is 12.2. The standard InChI is InChI=1S/C15H27N3O/c1-12(2)18-9-8-14(17-18)11-13(16)6-7-15-5-3-4-10-19-15/h8-9,12-13,15H,3-7,10-11,16H2,1-2H3. The molecule has 1 fully saturated rings. The molecule has 1 aliphatic heterocycles. The van der Waals surface area contributed by atoms with Gasteiger partial charge in [-0.1, -0.05) is 0 Å². The summed E-state index contributed by atoms with van der Waals surface area (Å²) in [4.78, 5) is 0. The second-order valence-corrected chi connectivity index (χ2v) is 5.91. The van der Waals surface area contributed by atoms with Crippen molar-refractivity contribution in [3.05, 3.63) is 18.0 Å². The number of hydrogen-bond acceptors (Lipinski definition) is 3. The van der Waals surface area contributed by atoms with Crippen LogP contribution in [-0.4, -0.2) is 28.5 Å². The van der Waals surface area contributed by atoms with Crippen LogP contribution in [0.1, 0.15) is 57.7 Å². The molecule has 0 radical (unpaired) electrons. The third-order valence-corrected chi connectivity index (χ3v) is 3.80. The average Bonchev–Trinajstić information content (AvgIpc) is 2.86. The molecule has 0 amide bonds. The smallest absolute Gasteiger partial charge is 0.0640 e. The van der Waals surface area contributed by atoms with Crippen LogP contribution in [0.15, 0.2) is 12.3 Å². The molecule has 2 unspecified atom stereocenters. The van der Waals surface area contributed by atoms with Crippen molar-refractivity contribution in [1.29, 1.82) is 0 Å². The molecule has 4 nitrogen and oxygen atoms in total. The number of nitrogens with two attached hydrogens (primary N) is 1. The Morgan fingerprint density at radius 3 is 2.95 bits per heavy atom. The minimum atomic E-state index is 0.195. The lowest BCUT2D eigenvalue weighted by Crippen LogP contribution is -2.27. The van der Waals surface area contributed by atoms with E-state index in [0.717, 1.165) is 31.6 Å². The third kappa shape index (κ3) is 4.62. The molecule has 2 rings (SSSR count). The molecule has 1 aromatic rings. The van der Waals surface area contributed by atoms with Gasteiger partial charge in [0.2, 0.25) is 0 Å². The number of rotatable bonds is 6. The van der Waals surface area contributed by atoms with E-state index in [2.05, 4.69) is 25.0 Å². The summed E-state index contributed by atoms with van der Waals surface area (Å²) >= 11 is 0. The highest BCUT2D eigenvalue weighted by Gasteiger charge is 2.16. The molecule has 2 heterocycles. The molecule has 1 aliphatic rings. The zero-order valence-electron chi connectivity index (χ0n) is 12.2. The Bertz CT molecular complexity index is 369. The van der Waals surface area contributed by atoms with Crippen LogP contribution in [0.25, 0.3) is 0 Å². The molecule has 0 spiro atoms. The predicted molar refractivity (Wildman–Crippen MR) is 77.1 cm³/mol. The lowest BCUT2D eigenvalue weighted by molar-refractivity contribution is 0.00914. The second kappa shape index (κ2) is 7.06. The van der Waals surface area contributed by atoms with Gasteiger partial charge in [-0.3, -0.25) is 4.68 Å². The predicted octanol–water partition coefficient (Wildman–Crippen LogP) is 2.68. The van der Waals surface area contributed by atoms with Gasteiger partial charge in [0.15, 0.2) is 0 Å². The Hall–Kier alpha value is -0.870. The molecule has 2 N–H and O–H groups in total. The molecular weight excluding hydrogens is 238 g/mol. The summed E-state index contributed by atoms with van der Waals surface area (Å²) in [6.45, 7) is 5.20. The highest BCUT2D eigenvalue weighted by molar-refractivity contribution is 5.01. The Kier molecular flexibility index (Phi) is 5.40. The van der Waals surface area contributed by atoms with E-state index in [4.69, 9.17) is 10.5 Å². The number of nitrogens with zero attached hydrogens (tertiary/aromatic N) is 2. The van der Waals surface area contributed by atoms with Crippen molar-refractivity contribution in [2.45, 2.75) is 70.6 Å². The Balaban J connectivity index is 1.72. The molecule has 0 saturated carbocycles. The van der Waals surface area contributed by atoms with Crippen LogP contribution in [0.3, 0.4) is 0 Å². The first-order chi connectivity index (χ1) is 9.15. The van der Waals surface area contributed by atoms with Gasteiger partial charge < -0.3 is 10.5 Å². The molecule has 1 saturated heterocycles. The summed E-state index contributed by atoms with van der Waals surface area (Å²) in [5.41, 5.74) is 7.31. The van der Waals surface area contributed by atoms with Gasteiger partial charge in [0.25, 0.3) is 0 Å². The number of ether oxygens (including phenoxy) is 1. The summed E-state index contributed by atoms with van der Waals surface area (Å²) in [7, 11) is 0. The normalized spacial score (nSPS) is 21.8. The van der Waals surface area contributed by atoms with Gasteiger partial charge in [-0.15, -0.1) is 0 Å². The molecule has 19 heavy (non-hydrogen) atoms. The molecule has 0 aliphatic carbocycles. The Morgan fingerprint density at radius 2 is 2.32 bits per heavy atom. The van der Waals surface area contributed by atoms with Crippen molar-refractivity contribution in [2.24, 2.45) is 5.73 Å². The highest BCUT2D eigenvalue weighted by Crippen LogP contribution is 2.18. The Morgan fingerprint density at radius 1 is 1.47 bits per heavy atom. The maximum atomic E-state index is 6.20. The maximum Gasteiger partial charge on any atom is 0.0640 e. The average molecular weight is 265 g/mol. The van der Waals surface area contributed by atoms with Crippen molar-refractivity contribution in [3.8, 4) is 0 Å². The van der Waals surface area contributed by atoms with Gasteiger partial charge in [0.05, 0.1) is 11.8 Å². The van der Waals surface area contributed by atoms with Crippen molar-refractivity contribution in [1.82, 2.24) is 9.78 Å². The van der Waals surface area contributed by atoms with Crippen LogP contribution in [0, 0.1) is 0 Å². The van der Waals surface area contributed by atoms with Gasteiger partial charge in [-0.05, 0) is 52.0 Å². The van der Waals surface area contributed by atoms with Crippen LogP contribution in [0.5, 0.6) is 0 Å². The third-order valence-electron chi connectivity index (χ3n) is 3.80. The first-order valence-corrected chi connectivity index (χ1v) is 7.56. The van der Waals surface area contributed by atoms with E-state index in [1.807, 2.05) is 10.9 Å². The lowest BCUT2D eigenvalue weighted by atomic mass is 10.00. The minimum absolute atomic E-state index is 0.195. The molecule has 2 atom stereocenters. The highest BCUT2D eigenvalue weighted by atomic mass is 16.5. The first-order valence-electron chi connectivity index (χ1n) is 7.56. The van der Waals surface area contributed by atoms with E-state index in [1.54, 1.807) is 0 Å². The van der Waals surface area contributed by atoms with E-state index >= 15 is 0 Å². The van der Waals surface area contributed by atoms with Gasteiger partial charge in [-0.25, -0.2) is 0 Å². The summed E-state index contributed by atoms with van der Waals surface area (Å²) < 4.78 is 7.73. The fourth-order valence-electron chi connectivity index (χ4n) is 2.58. The van der Waals surface area contributed by atoms with Crippen LogP contribution < -0.4 is 5.73 Å². The van der Waals surface area contributed by atoms with Crippen LogP contribution in [0.4, 0.5) is 0 Å². The fourth-order valence-corrected chi connectivity index (χ4v) is 2.58. The van der Waals surface area contributed by atoms with Crippen LogP contribution in [0.2, 0.25) is 0 Å². The first kappa shape index (κ1) is 14.5. The van der Waals surface area contributed by atoms with E-state index in [-0.39, 0.29) is 6.04 Å². The molecular formula is C15H27N3O. The van der Waals surface area contributed by atoms with E-state index in [0.29, 0.717) is 12.1 Å². The fraction of sp³-hybridized carbons (Fsp3) is 0.800. The van der Waals surface area contributed by atoms with Crippen molar-refractivity contribution in [3.63, 3.8) is 0 Å². The molecule has 108 valence electrons. The SMILES string of the molecule is CC(C)n1ccc(CC(N)CCC2CCCCO2)n1.